The zero-order valence-corrected chi connectivity index (χ0v) is 16.8. The number of halogens is 1. The number of hydrogen-bond donors (Lipinski definition) is 3. The lowest BCUT2D eigenvalue weighted by Crippen LogP contribution is -2.41. The topological polar surface area (TPSA) is 78.4 Å². The Balaban J connectivity index is 1.80. The second-order valence-corrected chi connectivity index (χ2v) is 7.35. The number of hydrogen-bond acceptors (Lipinski definition) is 4. The molecule has 3 N–H and O–H groups in total. The van der Waals surface area contributed by atoms with E-state index in [1.54, 1.807) is 35.6 Å². The first-order valence-corrected chi connectivity index (χ1v) is 9.68. The molecule has 2 aromatic rings. The molecule has 0 saturated carbocycles. The van der Waals surface area contributed by atoms with Crippen molar-refractivity contribution in [2.24, 2.45) is 4.99 Å². The van der Waals surface area contributed by atoms with Crippen LogP contribution >= 0.6 is 22.9 Å². The zero-order valence-electron chi connectivity index (χ0n) is 15.2. The number of aromatic nitrogens is 1. The quantitative estimate of drug-likeness (QED) is 0.384. The molecule has 1 heterocycles. The van der Waals surface area contributed by atoms with Crippen LogP contribution in [-0.2, 0) is 6.54 Å². The van der Waals surface area contributed by atoms with Gasteiger partial charge >= 0.3 is 0 Å². The van der Waals surface area contributed by atoms with Crippen molar-refractivity contribution in [1.29, 1.82) is 0 Å². The monoisotopic (exact) mass is 393 g/mol. The lowest BCUT2D eigenvalue weighted by Gasteiger charge is -2.12. The number of aliphatic imine (C=N–C) groups is 1. The summed E-state index contributed by atoms with van der Waals surface area (Å²) in [6.07, 6.45) is 0. The van der Waals surface area contributed by atoms with Crippen LogP contribution in [0.25, 0.3) is 0 Å². The fourth-order valence-corrected chi connectivity index (χ4v) is 3.26. The van der Waals surface area contributed by atoms with Crippen LogP contribution in [-0.4, -0.2) is 36.5 Å². The molecule has 0 atom stereocenters. The number of benzene rings is 1. The van der Waals surface area contributed by atoms with Gasteiger partial charge in [-0.05, 0) is 45.0 Å². The number of carbonyl (C=O) groups is 1. The number of nitrogens with one attached hydrogen (secondary N) is 3. The maximum Gasteiger partial charge on any atom is 0.251 e. The molecule has 1 amide bonds. The lowest BCUT2D eigenvalue weighted by atomic mass is 10.2. The third-order valence-corrected chi connectivity index (χ3v) is 4.84. The van der Waals surface area contributed by atoms with Gasteiger partial charge in [0.15, 0.2) is 5.96 Å². The summed E-state index contributed by atoms with van der Waals surface area (Å²) in [6.45, 7) is 8.43. The Kier molecular flexibility index (Phi) is 7.87. The van der Waals surface area contributed by atoms with Crippen LogP contribution in [0.4, 0.5) is 0 Å². The first kappa shape index (κ1) is 20.2. The predicted octanol–water partition coefficient (Wildman–Crippen LogP) is 2.90. The molecule has 1 aromatic heterocycles. The molecule has 1 aromatic carbocycles. The molecular formula is C18H24ClN5OS. The summed E-state index contributed by atoms with van der Waals surface area (Å²) < 4.78 is 0. The van der Waals surface area contributed by atoms with Gasteiger partial charge in [-0.3, -0.25) is 4.79 Å². The van der Waals surface area contributed by atoms with Crippen LogP contribution in [0.3, 0.4) is 0 Å². The third-order valence-electron chi connectivity index (χ3n) is 3.53. The van der Waals surface area contributed by atoms with Gasteiger partial charge in [-0.15, -0.1) is 11.3 Å². The molecule has 0 fully saturated rings. The van der Waals surface area contributed by atoms with E-state index in [0.29, 0.717) is 30.2 Å². The van der Waals surface area contributed by atoms with E-state index in [4.69, 9.17) is 11.6 Å². The molecule has 6 nitrogen and oxygen atoms in total. The Morgan fingerprint density at radius 3 is 2.46 bits per heavy atom. The van der Waals surface area contributed by atoms with Gasteiger partial charge in [-0.1, -0.05) is 11.6 Å². The predicted molar refractivity (Wildman–Crippen MR) is 108 cm³/mol. The highest BCUT2D eigenvalue weighted by molar-refractivity contribution is 7.11. The maximum atomic E-state index is 12.0. The SMILES string of the molecule is CCNC(=NCc1sc(C)nc1C)NCCNC(=O)c1ccc(Cl)cc1. The largest absolute Gasteiger partial charge is 0.357 e. The molecule has 0 aliphatic rings. The van der Waals surface area contributed by atoms with Crippen LogP contribution < -0.4 is 16.0 Å². The fourth-order valence-electron chi connectivity index (χ4n) is 2.27. The molecule has 0 spiro atoms. The standard InChI is InChI=1S/C18H24ClN5OS/c1-4-20-18(23-11-16-12(2)24-13(3)26-16)22-10-9-21-17(25)14-5-7-15(19)8-6-14/h5-8H,4,9-11H2,1-3H3,(H,21,25)(H2,20,22,23). The highest BCUT2D eigenvalue weighted by Crippen LogP contribution is 2.17. The van der Waals surface area contributed by atoms with Gasteiger partial charge in [0.25, 0.3) is 5.91 Å². The molecule has 0 saturated heterocycles. The molecule has 0 unspecified atom stereocenters. The maximum absolute atomic E-state index is 12.0. The van der Waals surface area contributed by atoms with E-state index in [9.17, 15) is 4.79 Å². The molecule has 0 aliphatic carbocycles. The van der Waals surface area contributed by atoms with Crippen molar-refractivity contribution >= 4 is 34.8 Å². The van der Waals surface area contributed by atoms with Crippen LogP contribution in [0.2, 0.25) is 5.02 Å². The number of guanidine groups is 1. The minimum absolute atomic E-state index is 0.124. The van der Waals surface area contributed by atoms with Gasteiger partial charge < -0.3 is 16.0 Å². The van der Waals surface area contributed by atoms with Gasteiger partial charge in [0.2, 0.25) is 0 Å². The summed E-state index contributed by atoms with van der Waals surface area (Å²) in [6, 6.07) is 6.81. The van der Waals surface area contributed by atoms with E-state index >= 15 is 0 Å². The summed E-state index contributed by atoms with van der Waals surface area (Å²) in [7, 11) is 0. The van der Waals surface area contributed by atoms with Gasteiger partial charge in [0.05, 0.1) is 17.2 Å². The minimum atomic E-state index is -0.124. The molecule has 26 heavy (non-hydrogen) atoms. The molecule has 2 rings (SSSR count). The Morgan fingerprint density at radius 1 is 1.15 bits per heavy atom. The summed E-state index contributed by atoms with van der Waals surface area (Å²) >= 11 is 7.49. The van der Waals surface area contributed by atoms with Crippen molar-refractivity contribution in [3.63, 3.8) is 0 Å². The van der Waals surface area contributed by atoms with Crippen LogP contribution in [0.5, 0.6) is 0 Å². The van der Waals surface area contributed by atoms with Crippen molar-refractivity contribution in [3.8, 4) is 0 Å². The summed E-state index contributed by atoms with van der Waals surface area (Å²) in [5, 5.41) is 11.0. The summed E-state index contributed by atoms with van der Waals surface area (Å²) in [4.78, 5) is 22.2. The molecule has 8 heteroatoms. The van der Waals surface area contributed by atoms with Crippen molar-refractivity contribution in [2.45, 2.75) is 27.3 Å². The van der Waals surface area contributed by atoms with Gasteiger partial charge in [-0.2, -0.15) is 0 Å². The first-order valence-electron chi connectivity index (χ1n) is 8.48. The fraction of sp³-hybridized carbons (Fsp3) is 0.389. The van der Waals surface area contributed by atoms with Crippen LogP contribution in [0.1, 0.15) is 32.9 Å². The van der Waals surface area contributed by atoms with E-state index < -0.39 is 0 Å². The Hall–Kier alpha value is -2.12. The number of carbonyl (C=O) groups excluding carboxylic acids is 1. The van der Waals surface area contributed by atoms with Gasteiger partial charge in [0.1, 0.15) is 0 Å². The Labute approximate surface area is 163 Å². The second-order valence-electron chi connectivity index (χ2n) is 5.63. The Morgan fingerprint density at radius 2 is 1.85 bits per heavy atom. The molecule has 0 radical (unpaired) electrons. The first-order chi connectivity index (χ1) is 12.5. The molecule has 0 bridgehead atoms. The Bertz CT molecular complexity index is 757. The number of nitrogens with zero attached hydrogens (tertiary/aromatic N) is 2. The average Bonchev–Trinajstić information content (AvgIpc) is 2.94. The normalized spacial score (nSPS) is 11.3. The molecule has 140 valence electrons. The van der Waals surface area contributed by atoms with E-state index in [0.717, 1.165) is 28.1 Å². The van der Waals surface area contributed by atoms with Crippen molar-refractivity contribution < 1.29 is 4.79 Å². The zero-order chi connectivity index (χ0) is 18.9. The summed E-state index contributed by atoms with van der Waals surface area (Å²) in [5.41, 5.74) is 1.62. The average molecular weight is 394 g/mol. The molecular weight excluding hydrogens is 370 g/mol. The van der Waals surface area contributed by atoms with Crippen molar-refractivity contribution in [2.75, 3.05) is 19.6 Å². The number of aryl methyl sites for hydroxylation is 2. The lowest BCUT2D eigenvalue weighted by molar-refractivity contribution is 0.0954. The van der Waals surface area contributed by atoms with E-state index in [2.05, 4.69) is 25.9 Å². The van der Waals surface area contributed by atoms with E-state index in [1.165, 1.54) is 0 Å². The van der Waals surface area contributed by atoms with Crippen molar-refractivity contribution in [1.82, 2.24) is 20.9 Å². The van der Waals surface area contributed by atoms with Gasteiger partial charge in [0, 0.05) is 35.1 Å². The van der Waals surface area contributed by atoms with Gasteiger partial charge in [-0.25, -0.2) is 9.98 Å². The van der Waals surface area contributed by atoms with E-state index in [1.807, 2.05) is 20.8 Å². The second kappa shape index (κ2) is 10.1. The highest BCUT2D eigenvalue weighted by atomic mass is 35.5. The van der Waals surface area contributed by atoms with Crippen LogP contribution in [0.15, 0.2) is 29.3 Å². The highest BCUT2D eigenvalue weighted by Gasteiger charge is 2.06. The van der Waals surface area contributed by atoms with Crippen LogP contribution in [0, 0.1) is 13.8 Å². The number of thiazole rings is 1. The van der Waals surface area contributed by atoms with Crippen molar-refractivity contribution in [3.05, 3.63) is 50.4 Å². The summed E-state index contributed by atoms with van der Waals surface area (Å²) in [5.74, 6) is 0.597. The third kappa shape index (κ3) is 6.31. The number of amides is 1. The minimum Gasteiger partial charge on any atom is -0.357 e. The molecule has 0 aliphatic heterocycles. The number of rotatable bonds is 7. The van der Waals surface area contributed by atoms with E-state index in [-0.39, 0.29) is 5.91 Å². The smallest absolute Gasteiger partial charge is 0.251 e.